The molecular weight excluding hydrogens is 262 g/mol. The van der Waals surface area contributed by atoms with Crippen LogP contribution in [0.15, 0.2) is 36.4 Å². The molecule has 0 amide bonds. The molecule has 0 bridgehead atoms. The van der Waals surface area contributed by atoms with Crippen molar-refractivity contribution in [3.63, 3.8) is 0 Å². The normalized spacial score (nSPS) is 12.2. The van der Waals surface area contributed by atoms with Crippen LogP contribution in [-0.2, 0) is 0 Å². The number of nitrogens with two attached hydrogens (primary N) is 1. The molecule has 20 heavy (non-hydrogen) atoms. The Morgan fingerprint density at radius 3 is 2.25 bits per heavy atom. The van der Waals surface area contributed by atoms with E-state index in [1.807, 2.05) is 19.1 Å². The summed E-state index contributed by atoms with van der Waals surface area (Å²) < 4.78 is 31.9. The largest absolute Gasteiger partial charge is 0.496 e. The van der Waals surface area contributed by atoms with Crippen LogP contribution in [0.1, 0.15) is 22.7 Å². The molecule has 0 aliphatic heterocycles. The zero-order valence-corrected chi connectivity index (χ0v) is 11.3. The monoisotopic (exact) mass is 278 g/mol. The van der Waals surface area contributed by atoms with Crippen molar-refractivity contribution in [3.8, 4) is 5.75 Å². The lowest BCUT2D eigenvalue weighted by molar-refractivity contribution is 0.410. The molecular formula is C15H16F2N2O. The molecule has 1 atom stereocenters. The van der Waals surface area contributed by atoms with Crippen LogP contribution in [-0.4, -0.2) is 7.11 Å². The van der Waals surface area contributed by atoms with Gasteiger partial charge in [0.1, 0.15) is 17.4 Å². The standard InChI is InChI=1S/C15H16F2N2O/c1-9-3-4-10(7-14(9)20-2)15(19-18)11-5-12(16)8-13(17)6-11/h3-8,15,19H,18H2,1-2H3. The van der Waals surface area contributed by atoms with Gasteiger partial charge in [-0.25, -0.2) is 14.2 Å². The van der Waals surface area contributed by atoms with Gasteiger partial charge >= 0.3 is 0 Å². The highest BCUT2D eigenvalue weighted by molar-refractivity contribution is 5.41. The number of hydrogen-bond donors (Lipinski definition) is 2. The fourth-order valence-electron chi connectivity index (χ4n) is 2.14. The summed E-state index contributed by atoms with van der Waals surface area (Å²) in [6.07, 6.45) is 0. The van der Waals surface area contributed by atoms with Crippen molar-refractivity contribution in [1.82, 2.24) is 5.43 Å². The van der Waals surface area contributed by atoms with E-state index < -0.39 is 17.7 Å². The SMILES string of the molecule is COc1cc(C(NN)c2cc(F)cc(F)c2)ccc1C. The van der Waals surface area contributed by atoms with Crippen molar-refractivity contribution < 1.29 is 13.5 Å². The Labute approximate surface area is 116 Å². The van der Waals surface area contributed by atoms with Crippen molar-refractivity contribution in [1.29, 1.82) is 0 Å². The van der Waals surface area contributed by atoms with E-state index in [1.54, 1.807) is 13.2 Å². The molecule has 2 aromatic carbocycles. The highest BCUT2D eigenvalue weighted by Gasteiger charge is 2.16. The average Bonchev–Trinajstić information content (AvgIpc) is 2.40. The molecule has 2 aromatic rings. The first-order valence-corrected chi connectivity index (χ1v) is 6.12. The van der Waals surface area contributed by atoms with Crippen LogP contribution in [0.4, 0.5) is 8.78 Å². The minimum absolute atomic E-state index is 0.413. The minimum Gasteiger partial charge on any atom is -0.496 e. The Bertz CT molecular complexity index is 597. The molecule has 0 heterocycles. The first-order valence-electron chi connectivity index (χ1n) is 6.12. The number of halogens is 2. The van der Waals surface area contributed by atoms with E-state index in [0.717, 1.165) is 17.2 Å². The summed E-state index contributed by atoms with van der Waals surface area (Å²) in [6, 6.07) is 8.31. The highest BCUT2D eigenvalue weighted by atomic mass is 19.1. The van der Waals surface area contributed by atoms with Gasteiger partial charge in [0.2, 0.25) is 0 Å². The maximum Gasteiger partial charge on any atom is 0.126 e. The van der Waals surface area contributed by atoms with Crippen molar-refractivity contribution >= 4 is 0 Å². The Balaban J connectivity index is 2.46. The Hall–Kier alpha value is -1.98. The lowest BCUT2D eigenvalue weighted by atomic mass is 9.97. The van der Waals surface area contributed by atoms with E-state index >= 15 is 0 Å². The lowest BCUT2D eigenvalue weighted by Crippen LogP contribution is -2.29. The fourth-order valence-corrected chi connectivity index (χ4v) is 2.14. The molecule has 3 nitrogen and oxygen atoms in total. The molecule has 0 spiro atoms. The molecule has 2 rings (SSSR count). The smallest absolute Gasteiger partial charge is 0.126 e. The summed E-state index contributed by atoms with van der Waals surface area (Å²) in [6.45, 7) is 1.91. The van der Waals surface area contributed by atoms with Crippen molar-refractivity contribution in [3.05, 3.63) is 64.7 Å². The maximum absolute atomic E-state index is 13.3. The number of aryl methyl sites for hydroxylation is 1. The number of methoxy groups -OCH3 is 1. The van der Waals surface area contributed by atoms with Crippen LogP contribution < -0.4 is 16.0 Å². The van der Waals surface area contributed by atoms with E-state index in [4.69, 9.17) is 10.6 Å². The second kappa shape index (κ2) is 5.98. The van der Waals surface area contributed by atoms with Gasteiger partial charge in [-0.1, -0.05) is 12.1 Å². The summed E-state index contributed by atoms with van der Waals surface area (Å²) in [5, 5.41) is 0. The molecule has 0 saturated heterocycles. The van der Waals surface area contributed by atoms with Crippen LogP contribution in [0.25, 0.3) is 0 Å². The number of benzene rings is 2. The van der Waals surface area contributed by atoms with Gasteiger partial charge in [-0.15, -0.1) is 0 Å². The zero-order valence-electron chi connectivity index (χ0n) is 11.3. The van der Waals surface area contributed by atoms with Gasteiger partial charge in [0.25, 0.3) is 0 Å². The number of hydrazine groups is 1. The van der Waals surface area contributed by atoms with Gasteiger partial charge in [-0.3, -0.25) is 5.84 Å². The molecule has 0 aliphatic rings. The predicted octanol–water partition coefficient (Wildman–Crippen LogP) is 2.83. The third-order valence-electron chi connectivity index (χ3n) is 3.15. The minimum atomic E-state index is -0.640. The van der Waals surface area contributed by atoms with Crippen LogP contribution in [0.2, 0.25) is 0 Å². The fraction of sp³-hybridized carbons (Fsp3) is 0.200. The molecule has 0 saturated carbocycles. The van der Waals surface area contributed by atoms with Gasteiger partial charge < -0.3 is 4.74 Å². The number of rotatable bonds is 4. The summed E-state index contributed by atoms with van der Waals surface area (Å²) in [5.41, 5.74) is 4.72. The predicted molar refractivity (Wildman–Crippen MR) is 73.3 cm³/mol. The van der Waals surface area contributed by atoms with Crippen LogP contribution in [0.3, 0.4) is 0 Å². The Morgan fingerprint density at radius 2 is 1.70 bits per heavy atom. The van der Waals surface area contributed by atoms with Crippen LogP contribution in [0, 0.1) is 18.6 Å². The van der Waals surface area contributed by atoms with E-state index in [0.29, 0.717) is 11.3 Å². The molecule has 0 radical (unpaired) electrons. The quantitative estimate of drug-likeness (QED) is 0.668. The summed E-state index contributed by atoms with van der Waals surface area (Å²) >= 11 is 0. The summed E-state index contributed by atoms with van der Waals surface area (Å²) in [4.78, 5) is 0. The summed E-state index contributed by atoms with van der Waals surface area (Å²) in [5.74, 6) is 4.95. The second-order valence-electron chi connectivity index (χ2n) is 4.53. The van der Waals surface area contributed by atoms with Gasteiger partial charge in [0.05, 0.1) is 13.2 Å². The number of ether oxygens (including phenoxy) is 1. The van der Waals surface area contributed by atoms with Crippen molar-refractivity contribution in [2.45, 2.75) is 13.0 Å². The lowest BCUT2D eigenvalue weighted by Gasteiger charge is -2.18. The molecule has 5 heteroatoms. The first kappa shape index (κ1) is 14.4. The van der Waals surface area contributed by atoms with Gasteiger partial charge in [0.15, 0.2) is 0 Å². The third-order valence-corrected chi connectivity index (χ3v) is 3.15. The second-order valence-corrected chi connectivity index (χ2v) is 4.53. The van der Waals surface area contributed by atoms with E-state index in [-0.39, 0.29) is 0 Å². The van der Waals surface area contributed by atoms with Gasteiger partial charge in [-0.05, 0) is 41.8 Å². The van der Waals surface area contributed by atoms with Crippen LogP contribution >= 0.6 is 0 Å². The van der Waals surface area contributed by atoms with E-state index in [9.17, 15) is 8.78 Å². The molecule has 106 valence electrons. The van der Waals surface area contributed by atoms with E-state index in [2.05, 4.69) is 5.43 Å². The Morgan fingerprint density at radius 1 is 1.05 bits per heavy atom. The molecule has 0 aliphatic carbocycles. The maximum atomic E-state index is 13.3. The highest BCUT2D eigenvalue weighted by Crippen LogP contribution is 2.27. The molecule has 3 N–H and O–H groups in total. The molecule has 0 aromatic heterocycles. The average molecular weight is 278 g/mol. The van der Waals surface area contributed by atoms with Crippen molar-refractivity contribution in [2.75, 3.05) is 7.11 Å². The number of nitrogens with one attached hydrogen (secondary N) is 1. The van der Waals surface area contributed by atoms with Crippen molar-refractivity contribution in [2.24, 2.45) is 5.84 Å². The Kier molecular flexibility index (Phi) is 4.32. The first-order chi connectivity index (χ1) is 9.55. The van der Waals surface area contributed by atoms with Gasteiger partial charge in [-0.2, -0.15) is 0 Å². The topological polar surface area (TPSA) is 47.3 Å². The van der Waals surface area contributed by atoms with Gasteiger partial charge in [0, 0.05) is 6.07 Å². The van der Waals surface area contributed by atoms with Crippen LogP contribution in [0.5, 0.6) is 5.75 Å². The molecule has 1 unspecified atom stereocenters. The summed E-state index contributed by atoms with van der Waals surface area (Å²) in [7, 11) is 1.57. The van der Waals surface area contributed by atoms with E-state index in [1.165, 1.54) is 12.1 Å². The molecule has 0 fully saturated rings. The zero-order chi connectivity index (χ0) is 14.7. The third kappa shape index (κ3) is 2.95. The number of hydrogen-bond acceptors (Lipinski definition) is 3.